The van der Waals surface area contributed by atoms with Gasteiger partial charge in [0.1, 0.15) is 11.2 Å². The predicted molar refractivity (Wildman–Crippen MR) is 171 cm³/mol. The Hall–Kier alpha value is -4.66. The Bertz CT molecular complexity index is 2160. The fraction of sp³-hybridized carbons (Fsp3) is 0.0526. The third-order valence-corrected chi connectivity index (χ3v) is 9.38. The normalized spacial score (nSPS) is 12.5. The quantitative estimate of drug-likeness (QED) is 0.220. The monoisotopic (exact) mass is 530 g/mol. The lowest BCUT2D eigenvalue weighted by atomic mass is 9.90. The summed E-state index contributed by atoms with van der Waals surface area (Å²) in [5, 5.41) is 5.02. The Morgan fingerprint density at radius 1 is 0.500 bits per heavy atom. The van der Waals surface area contributed by atoms with Gasteiger partial charge in [-0.3, -0.25) is 0 Å². The number of benzene rings is 6. The molecule has 0 amide bonds. The molecule has 0 saturated carbocycles. The maximum Gasteiger partial charge on any atom is 0.143 e. The molecule has 0 aliphatic heterocycles. The Morgan fingerprint density at radius 3 is 1.93 bits per heavy atom. The second-order valence-corrected chi connectivity index (χ2v) is 11.6. The molecular weight excluding hydrogens is 504 g/mol. The van der Waals surface area contributed by atoms with Crippen molar-refractivity contribution in [3.63, 3.8) is 0 Å². The molecule has 190 valence electrons. The molecule has 2 aromatic heterocycles. The van der Waals surface area contributed by atoms with E-state index in [0.717, 1.165) is 27.5 Å². The molecule has 0 aliphatic carbocycles. The van der Waals surface area contributed by atoms with E-state index in [0.29, 0.717) is 5.92 Å². The van der Waals surface area contributed by atoms with Gasteiger partial charge in [-0.2, -0.15) is 0 Å². The van der Waals surface area contributed by atoms with E-state index in [1.807, 2.05) is 23.5 Å². The van der Waals surface area contributed by atoms with Gasteiger partial charge in [-0.25, -0.2) is 0 Å². The summed E-state index contributed by atoms with van der Waals surface area (Å²) in [7, 11) is 0. The van der Waals surface area contributed by atoms with Crippen molar-refractivity contribution < 1.29 is 4.42 Å². The van der Waals surface area contributed by atoms with Gasteiger partial charge in [0.05, 0.1) is 0 Å². The molecule has 1 nitrogen and oxygen atoms in total. The highest BCUT2D eigenvalue weighted by molar-refractivity contribution is 7.25. The van der Waals surface area contributed by atoms with E-state index in [4.69, 9.17) is 4.42 Å². The predicted octanol–water partition coefficient (Wildman–Crippen LogP) is 11.4. The van der Waals surface area contributed by atoms with Gasteiger partial charge in [-0.05, 0) is 46.0 Å². The minimum absolute atomic E-state index is 0.301. The third-order valence-electron chi connectivity index (χ3n) is 8.25. The summed E-state index contributed by atoms with van der Waals surface area (Å²) in [6.45, 7) is 2.28. The largest absolute Gasteiger partial charge is 0.455 e. The van der Waals surface area contributed by atoms with Crippen molar-refractivity contribution in [1.29, 1.82) is 0 Å². The van der Waals surface area contributed by atoms with E-state index in [1.54, 1.807) is 0 Å². The average molecular weight is 531 g/mol. The number of hydrogen-bond acceptors (Lipinski definition) is 2. The van der Waals surface area contributed by atoms with E-state index in [-0.39, 0.29) is 0 Å². The highest BCUT2D eigenvalue weighted by Gasteiger charge is 2.14. The molecule has 2 heteroatoms. The zero-order valence-electron chi connectivity index (χ0n) is 22.1. The molecule has 0 radical (unpaired) electrons. The lowest BCUT2D eigenvalue weighted by Crippen LogP contribution is -1.96. The molecule has 8 aromatic rings. The standard InChI is InChI=1S/C38H26OS/c1-24(25-13-17-27(18-14-25)29-21-22-33-32-8-3-5-12-36(32)40-37(33)23-29)26-15-19-28(20-16-26)30-9-6-10-34-31-7-2-4-11-35(31)39-38(30)34/h2-24H,1H3. The number of fused-ring (bicyclic) bond motifs is 6. The molecule has 6 aromatic carbocycles. The fourth-order valence-electron chi connectivity index (χ4n) is 5.99. The van der Waals surface area contributed by atoms with Crippen LogP contribution in [0.15, 0.2) is 138 Å². The first-order valence-corrected chi connectivity index (χ1v) is 14.6. The molecule has 0 fully saturated rings. The van der Waals surface area contributed by atoms with Crippen LogP contribution < -0.4 is 0 Å². The number of para-hydroxylation sites is 2. The van der Waals surface area contributed by atoms with Crippen LogP contribution in [0.4, 0.5) is 0 Å². The van der Waals surface area contributed by atoms with Crippen molar-refractivity contribution in [1.82, 2.24) is 0 Å². The van der Waals surface area contributed by atoms with Crippen LogP contribution in [0.3, 0.4) is 0 Å². The minimum atomic E-state index is 0.301. The lowest BCUT2D eigenvalue weighted by molar-refractivity contribution is 0.670. The van der Waals surface area contributed by atoms with E-state index in [9.17, 15) is 0 Å². The molecule has 1 atom stereocenters. The maximum absolute atomic E-state index is 6.27. The molecule has 40 heavy (non-hydrogen) atoms. The van der Waals surface area contributed by atoms with Crippen molar-refractivity contribution in [3.05, 3.63) is 145 Å². The van der Waals surface area contributed by atoms with Crippen LogP contribution in [0, 0.1) is 0 Å². The summed E-state index contributed by atoms with van der Waals surface area (Å²) in [5.74, 6) is 0.301. The molecule has 0 aliphatic rings. The summed E-state index contributed by atoms with van der Waals surface area (Å²) in [6.07, 6.45) is 0. The van der Waals surface area contributed by atoms with Gasteiger partial charge in [0.25, 0.3) is 0 Å². The smallest absolute Gasteiger partial charge is 0.143 e. The van der Waals surface area contributed by atoms with Crippen molar-refractivity contribution in [2.24, 2.45) is 0 Å². The third kappa shape index (κ3) is 3.76. The summed E-state index contributed by atoms with van der Waals surface area (Å²) >= 11 is 1.87. The van der Waals surface area contributed by atoms with Crippen molar-refractivity contribution >= 4 is 53.4 Å². The van der Waals surface area contributed by atoms with Crippen molar-refractivity contribution in [2.45, 2.75) is 12.8 Å². The average Bonchev–Trinajstić information content (AvgIpc) is 3.59. The molecule has 2 heterocycles. The first-order valence-electron chi connectivity index (χ1n) is 13.8. The number of hydrogen-bond donors (Lipinski definition) is 0. The van der Waals surface area contributed by atoms with E-state index < -0.39 is 0 Å². The van der Waals surface area contributed by atoms with E-state index in [1.165, 1.54) is 48.0 Å². The van der Waals surface area contributed by atoms with E-state index in [2.05, 4.69) is 128 Å². The summed E-state index contributed by atoms with van der Waals surface area (Å²) in [6, 6.07) is 48.2. The molecule has 0 saturated heterocycles. The van der Waals surface area contributed by atoms with Crippen LogP contribution in [-0.4, -0.2) is 0 Å². The van der Waals surface area contributed by atoms with Crippen LogP contribution in [0.25, 0.3) is 64.4 Å². The molecule has 1 unspecified atom stereocenters. The number of furan rings is 1. The molecule has 0 spiro atoms. The zero-order valence-corrected chi connectivity index (χ0v) is 22.9. The van der Waals surface area contributed by atoms with E-state index >= 15 is 0 Å². The fourth-order valence-corrected chi connectivity index (χ4v) is 7.13. The zero-order chi connectivity index (χ0) is 26.6. The summed E-state index contributed by atoms with van der Waals surface area (Å²) in [5.41, 5.74) is 9.34. The Labute approximate surface area is 236 Å². The molecular formula is C38H26OS. The van der Waals surface area contributed by atoms with Crippen LogP contribution in [0.2, 0.25) is 0 Å². The second kappa shape index (κ2) is 9.22. The van der Waals surface area contributed by atoms with Crippen LogP contribution >= 0.6 is 11.3 Å². The summed E-state index contributed by atoms with van der Waals surface area (Å²) < 4.78 is 8.96. The first kappa shape index (κ1) is 23.2. The SMILES string of the molecule is CC(c1ccc(-c2ccc3c(c2)sc2ccccc23)cc1)c1ccc(-c2cccc3c2oc2ccccc23)cc1. The van der Waals surface area contributed by atoms with Gasteiger partial charge in [0, 0.05) is 42.4 Å². The molecule has 8 rings (SSSR count). The first-order chi connectivity index (χ1) is 19.7. The van der Waals surface area contributed by atoms with Gasteiger partial charge < -0.3 is 4.42 Å². The van der Waals surface area contributed by atoms with Crippen LogP contribution in [0.1, 0.15) is 24.0 Å². The van der Waals surface area contributed by atoms with Crippen LogP contribution in [0.5, 0.6) is 0 Å². The van der Waals surface area contributed by atoms with Gasteiger partial charge in [0.2, 0.25) is 0 Å². The summed E-state index contributed by atoms with van der Waals surface area (Å²) in [4.78, 5) is 0. The minimum Gasteiger partial charge on any atom is -0.455 e. The topological polar surface area (TPSA) is 13.1 Å². The molecule has 0 bridgehead atoms. The Morgan fingerprint density at radius 2 is 1.12 bits per heavy atom. The van der Waals surface area contributed by atoms with Crippen molar-refractivity contribution in [3.8, 4) is 22.3 Å². The Balaban J connectivity index is 1.07. The lowest BCUT2D eigenvalue weighted by Gasteiger charge is -2.14. The van der Waals surface area contributed by atoms with Crippen LogP contribution in [-0.2, 0) is 0 Å². The number of rotatable bonds is 4. The highest BCUT2D eigenvalue weighted by Crippen LogP contribution is 2.38. The highest BCUT2D eigenvalue weighted by atomic mass is 32.1. The van der Waals surface area contributed by atoms with Crippen molar-refractivity contribution in [2.75, 3.05) is 0 Å². The van der Waals surface area contributed by atoms with Gasteiger partial charge >= 0.3 is 0 Å². The molecule has 0 N–H and O–H groups in total. The number of thiophene rings is 1. The van der Waals surface area contributed by atoms with Gasteiger partial charge in [-0.15, -0.1) is 11.3 Å². The van der Waals surface area contributed by atoms with Gasteiger partial charge in [-0.1, -0.05) is 122 Å². The Kier molecular flexibility index (Phi) is 5.36. The van der Waals surface area contributed by atoms with Gasteiger partial charge in [0.15, 0.2) is 0 Å². The second-order valence-electron chi connectivity index (χ2n) is 10.6. The maximum atomic E-state index is 6.27.